The van der Waals surface area contributed by atoms with Crippen LogP contribution in [-0.4, -0.2) is 22.2 Å². The lowest BCUT2D eigenvalue weighted by molar-refractivity contribution is 0.0903. The Morgan fingerprint density at radius 2 is 2.04 bits per heavy atom. The summed E-state index contributed by atoms with van der Waals surface area (Å²) in [6, 6.07) is 12.5. The number of benzene rings is 1. The fraction of sp³-hybridized carbons (Fsp3) is 0.222. The van der Waals surface area contributed by atoms with Crippen molar-refractivity contribution in [2.24, 2.45) is 0 Å². The molecule has 2 atom stereocenters. The summed E-state index contributed by atoms with van der Waals surface area (Å²) in [6.07, 6.45) is 2.47. The largest absolute Gasteiger partial charge is 0.467 e. The lowest BCUT2D eigenvalue weighted by Gasteiger charge is -2.16. The Labute approximate surface area is 139 Å². The number of hydrogen-bond acceptors (Lipinski definition) is 5. The molecule has 124 valence electrons. The zero-order valence-electron chi connectivity index (χ0n) is 13.2. The molecule has 2 unspecified atom stereocenters. The van der Waals surface area contributed by atoms with E-state index in [1.807, 2.05) is 37.3 Å². The van der Waals surface area contributed by atoms with Gasteiger partial charge < -0.3 is 19.4 Å². The topological polar surface area (TPSA) is 88.5 Å². The van der Waals surface area contributed by atoms with Crippen molar-refractivity contribution in [2.45, 2.75) is 25.5 Å². The van der Waals surface area contributed by atoms with Crippen LogP contribution in [0.25, 0.3) is 11.3 Å². The van der Waals surface area contributed by atoms with Gasteiger partial charge in [-0.1, -0.05) is 35.5 Å². The molecule has 0 saturated heterocycles. The summed E-state index contributed by atoms with van der Waals surface area (Å²) < 4.78 is 10.4. The molecule has 0 radical (unpaired) electrons. The van der Waals surface area contributed by atoms with E-state index in [4.69, 9.17) is 8.94 Å². The second-order valence-corrected chi connectivity index (χ2v) is 5.58. The van der Waals surface area contributed by atoms with Crippen molar-refractivity contribution in [3.63, 3.8) is 0 Å². The predicted molar refractivity (Wildman–Crippen MR) is 87.2 cm³/mol. The van der Waals surface area contributed by atoms with E-state index in [2.05, 4.69) is 10.5 Å². The van der Waals surface area contributed by atoms with Crippen LogP contribution in [0.1, 0.15) is 35.6 Å². The maximum atomic E-state index is 12.5. The van der Waals surface area contributed by atoms with Gasteiger partial charge in [0.2, 0.25) is 0 Å². The molecule has 6 heteroatoms. The average molecular weight is 326 g/mol. The summed E-state index contributed by atoms with van der Waals surface area (Å²) in [6.45, 7) is 1.82. The molecule has 0 aliphatic heterocycles. The number of aromatic nitrogens is 1. The maximum absolute atomic E-state index is 12.5. The van der Waals surface area contributed by atoms with E-state index < -0.39 is 6.10 Å². The van der Waals surface area contributed by atoms with Gasteiger partial charge in [0, 0.05) is 18.0 Å². The van der Waals surface area contributed by atoms with Crippen LogP contribution in [0.3, 0.4) is 0 Å². The highest BCUT2D eigenvalue weighted by Crippen LogP contribution is 2.24. The Bertz CT molecular complexity index is 780. The van der Waals surface area contributed by atoms with E-state index in [-0.39, 0.29) is 11.9 Å². The van der Waals surface area contributed by atoms with E-state index in [9.17, 15) is 9.90 Å². The number of furan rings is 1. The molecule has 2 aromatic heterocycles. The van der Waals surface area contributed by atoms with E-state index >= 15 is 0 Å². The molecule has 3 aromatic rings. The molecule has 6 nitrogen and oxygen atoms in total. The third kappa shape index (κ3) is 3.55. The monoisotopic (exact) mass is 326 g/mol. The van der Waals surface area contributed by atoms with Crippen LogP contribution in [0.2, 0.25) is 0 Å². The molecule has 0 bridgehead atoms. The molecule has 0 spiro atoms. The maximum Gasteiger partial charge on any atom is 0.257 e. The van der Waals surface area contributed by atoms with Crippen molar-refractivity contribution in [3.8, 4) is 11.3 Å². The highest BCUT2D eigenvalue weighted by Gasteiger charge is 2.21. The standard InChI is InChI=1S/C18H18N2O4/c1-12(10-15(21)16-8-5-9-23-16)20-18(22)14-11-19-24-17(14)13-6-3-2-4-7-13/h2-9,11-12,15,21H,10H2,1H3,(H,20,22). The van der Waals surface area contributed by atoms with Crippen LogP contribution in [0.15, 0.2) is 63.9 Å². The third-order valence-electron chi connectivity index (χ3n) is 3.68. The summed E-state index contributed by atoms with van der Waals surface area (Å²) in [5.41, 5.74) is 1.14. The Morgan fingerprint density at radius 1 is 1.25 bits per heavy atom. The quantitative estimate of drug-likeness (QED) is 0.726. The fourth-order valence-electron chi connectivity index (χ4n) is 2.49. The SMILES string of the molecule is CC(CC(O)c1ccco1)NC(=O)c1cnoc1-c1ccccc1. The summed E-state index contributed by atoms with van der Waals surface area (Å²) >= 11 is 0. The first-order valence-electron chi connectivity index (χ1n) is 7.67. The minimum Gasteiger partial charge on any atom is -0.467 e. The number of nitrogens with one attached hydrogen (secondary N) is 1. The minimum atomic E-state index is -0.772. The number of carbonyl (C=O) groups is 1. The van der Waals surface area contributed by atoms with Crippen molar-refractivity contribution < 1.29 is 18.8 Å². The summed E-state index contributed by atoms with van der Waals surface area (Å²) in [7, 11) is 0. The first-order valence-corrected chi connectivity index (χ1v) is 7.67. The molecular weight excluding hydrogens is 308 g/mol. The molecule has 1 amide bonds. The molecular formula is C18H18N2O4. The molecule has 0 saturated carbocycles. The molecule has 0 fully saturated rings. The lowest BCUT2D eigenvalue weighted by atomic mass is 10.1. The predicted octanol–water partition coefficient (Wildman–Crippen LogP) is 3.18. The molecule has 2 N–H and O–H groups in total. The number of hydrogen-bond donors (Lipinski definition) is 2. The van der Waals surface area contributed by atoms with Crippen LogP contribution >= 0.6 is 0 Å². The number of aliphatic hydroxyl groups excluding tert-OH is 1. The highest BCUT2D eigenvalue weighted by molar-refractivity contribution is 5.99. The summed E-state index contributed by atoms with van der Waals surface area (Å²) in [4.78, 5) is 12.5. The second-order valence-electron chi connectivity index (χ2n) is 5.58. The van der Waals surface area contributed by atoms with Crippen LogP contribution in [0.5, 0.6) is 0 Å². The molecule has 3 rings (SSSR count). The Balaban J connectivity index is 1.66. The zero-order valence-corrected chi connectivity index (χ0v) is 13.2. The van der Waals surface area contributed by atoms with Crippen LogP contribution in [0, 0.1) is 0 Å². The third-order valence-corrected chi connectivity index (χ3v) is 3.68. The number of rotatable bonds is 6. The average Bonchev–Trinajstić information content (AvgIpc) is 3.27. The Hall–Kier alpha value is -2.86. The van der Waals surface area contributed by atoms with Gasteiger partial charge >= 0.3 is 0 Å². The van der Waals surface area contributed by atoms with Crippen LogP contribution < -0.4 is 5.32 Å². The number of carbonyl (C=O) groups excluding carboxylic acids is 1. The first-order chi connectivity index (χ1) is 11.6. The van der Waals surface area contributed by atoms with Crippen LogP contribution in [0.4, 0.5) is 0 Å². The molecule has 0 aliphatic carbocycles. The minimum absolute atomic E-state index is 0.254. The van der Waals surface area contributed by atoms with Crippen molar-refractivity contribution in [3.05, 3.63) is 66.2 Å². The van der Waals surface area contributed by atoms with Gasteiger partial charge in [-0.05, 0) is 19.1 Å². The summed E-state index contributed by atoms with van der Waals surface area (Å²) in [5.74, 6) is 0.604. The normalized spacial score (nSPS) is 13.4. The van der Waals surface area contributed by atoms with Gasteiger partial charge in [0.05, 0.1) is 12.5 Å². The van der Waals surface area contributed by atoms with Gasteiger partial charge in [0.1, 0.15) is 17.4 Å². The second kappa shape index (κ2) is 7.14. The van der Waals surface area contributed by atoms with Crippen LogP contribution in [-0.2, 0) is 0 Å². The van der Waals surface area contributed by atoms with E-state index in [1.165, 1.54) is 12.5 Å². The van der Waals surface area contributed by atoms with Gasteiger partial charge in [-0.15, -0.1) is 0 Å². The smallest absolute Gasteiger partial charge is 0.257 e. The molecule has 2 heterocycles. The lowest BCUT2D eigenvalue weighted by Crippen LogP contribution is -2.33. The van der Waals surface area contributed by atoms with Crippen molar-refractivity contribution >= 4 is 5.91 Å². The van der Waals surface area contributed by atoms with Gasteiger partial charge in [-0.25, -0.2) is 0 Å². The first kappa shape index (κ1) is 16.0. The Morgan fingerprint density at radius 3 is 2.75 bits per heavy atom. The van der Waals surface area contributed by atoms with Gasteiger partial charge in [-0.3, -0.25) is 4.79 Å². The van der Waals surface area contributed by atoms with Crippen molar-refractivity contribution in [2.75, 3.05) is 0 Å². The van der Waals surface area contributed by atoms with Crippen molar-refractivity contribution in [1.82, 2.24) is 10.5 Å². The van der Waals surface area contributed by atoms with Gasteiger partial charge in [0.15, 0.2) is 5.76 Å². The Kier molecular flexibility index (Phi) is 4.77. The van der Waals surface area contributed by atoms with Crippen molar-refractivity contribution in [1.29, 1.82) is 0 Å². The van der Waals surface area contributed by atoms with E-state index in [0.29, 0.717) is 23.5 Å². The molecule has 0 aliphatic rings. The number of aliphatic hydroxyl groups is 1. The van der Waals surface area contributed by atoms with Gasteiger partial charge in [-0.2, -0.15) is 0 Å². The number of nitrogens with zero attached hydrogens (tertiary/aromatic N) is 1. The zero-order chi connectivity index (χ0) is 16.9. The fourth-order valence-corrected chi connectivity index (χ4v) is 2.49. The highest BCUT2D eigenvalue weighted by atomic mass is 16.5. The molecule has 1 aromatic carbocycles. The van der Waals surface area contributed by atoms with E-state index in [1.54, 1.807) is 12.1 Å². The van der Waals surface area contributed by atoms with E-state index in [0.717, 1.165) is 5.56 Å². The van der Waals surface area contributed by atoms with Gasteiger partial charge in [0.25, 0.3) is 5.91 Å². The summed E-state index contributed by atoms with van der Waals surface area (Å²) in [5, 5.41) is 16.7. The molecule has 24 heavy (non-hydrogen) atoms. The number of amides is 1.